The zero-order chi connectivity index (χ0) is 15.6. The number of hydrogen-bond acceptors (Lipinski definition) is 2. The summed E-state index contributed by atoms with van der Waals surface area (Å²) < 4.78 is 32.1. The van der Waals surface area contributed by atoms with Gasteiger partial charge in [0.15, 0.2) is 0 Å². The first-order valence-electron chi connectivity index (χ1n) is 6.78. The third-order valence-corrected chi connectivity index (χ3v) is 4.31. The summed E-state index contributed by atoms with van der Waals surface area (Å²) in [5.74, 6) is 0. The average Bonchev–Trinajstić information content (AvgIpc) is 2.55. The van der Waals surface area contributed by atoms with Crippen LogP contribution < -0.4 is 0 Å². The van der Waals surface area contributed by atoms with E-state index >= 15 is 0 Å². The molecule has 0 atom stereocenters. The van der Waals surface area contributed by atoms with Crippen LogP contribution in [0.4, 0.5) is 0 Å². The zero-order valence-corrected chi connectivity index (χ0v) is 12.5. The van der Waals surface area contributed by atoms with Gasteiger partial charge in [-0.3, -0.25) is 4.55 Å². The van der Waals surface area contributed by atoms with E-state index in [1.54, 1.807) is 6.07 Å². The maximum Gasteiger partial charge on any atom is 0.294 e. The van der Waals surface area contributed by atoms with Crippen molar-refractivity contribution in [2.24, 2.45) is 0 Å². The Morgan fingerprint density at radius 1 is 0.636 bits per heavy atom. The average molecular weight is 310 g/mol. The smallest absolute Gasteiger partial charge is 0.282 e. The van der Waals surface area contributed by atoms with Crippen LogP contribution in [-0.4, -0.2) is 13.0 Å². The highest BCUT2D eigenvalue weighted by Gasteiger charge is 2.14. The molecule has 3 aromatic rings. The molecule has 0 aliphatic heterocycles. The van der Waals surface area contributed by atoms with Gasteiger partial charge in [-0.05, 0) is 34.4 Å². The van der Waals surface area contributed by atoms with Gasteiger partial charge >= 0.3 is 0 Å². The minimum absolute atomic E-state index is 0.106. The van der Waals surface area contributed by atoms with Crippen LogP contribution in [0.25, 0.3) is 22.3 Å². The lowest BCUT2D eigenvalue weighted by molar-refractivity contribution is 0.483. The molecule has 0 saturated carbocycles. The second-order valence-corrected chi connectivity index (χ2v) is 6.34. The number of rotatable bonds is 3. The summed E-state index contributed by atoms with van der Waals surface area (Å²) in [6.07, 6.45) is 0. The summed E-state index contributed by atoms with van der Waals surface area (Å²) in [6, 6.07) is 23.9. The first kappa shape index (κ1) is 14.5. The summed E-state index contributed by atoms with van der Waals surface area (Å²) in [5.41, 5.74) is 3.57. The molecule has 0 fully saturated rings. The van der Waals surface area contributed by atoms with Gasteiger partial charge in [-0.25, -0.2) is 0 Å². The second kappa shape index (κ2) is 5.75. The molecule has 110 valence electrons. The van der Waals surface area contributed by atoms with Crippen molar-refractivity contribution in [3.05, 3.63) is 78.9 Å². The molecular weight excluding hydrogens is 296 g/mol. The number of benzene rings is 3. The lowest BCUT2D eigenvalue weighted by Gasteiger charge is -2.11. The zero-order valence-electron chi connectivity index (χ0n) is 11.7. The minimum atomic E-state index is -4.23. The molecule has 3 nitrogen and oxygen atoms in total. The molecule has 0 spiro atoms. The highest BCUT2D eigenvalue weighted by atomic mass is 32.2. The molecule has 3 rings (SSSR count). The topological polar surface area (TPSA) is 54.4 Å². The summed E-state index contributed by atoms with van der Waals surface area (Å²) in [4.78, 5) is -0.106. The Morgan fingerprint density at radius 2 is 1.14 bits per heavy atom. The molecule has 4 heteroatoms. The Bertz CT molecular complexity index is 886. The van der Waals surface area contributed by atoms with E-state index in [0.29, 0.717) is 0 Å². The van der Waals surface area contributed by atoms with E-state index in [2.05, 4.69) is 0 Å². The highest BCUT2D eigenvalue weighted by molar-refractivity contribution is 7.85. The third-order valence-electron chi connectivity index (χ3n) is 3.46. The monoisotopic (exact) mass is 310 g/mol. The van der Waals surface area contributed by atoms with E-state index in [1.165, 1.54) is 12.1 Å². The predicted molar refractivity (Wildman–Crippen MR) is 87.1 cm³/mol. The molecule has 22 heavy (non-hydrogen) atoms. The quantitative estimate of drug-likeness (QED) is 0.735. The van der Waals surface area contributed by atoms with Gasteiger partial charge in [0, 0.05) is 0 Å². The fourth-order valence-corrected chi connectivity index (χ4v) is 2.92. The van der Waals surface area contributed by atoms with E-state index in [9.17, 15) is 13.0 Å². The Balaban J connectivity index is 2.27. The van der Waals surface area contributed by atoms with E-state index in [4.69, 9.17) is 0 Å². The largest absolute Gasteiger partial charge is 0.294 e. The fraction of sp³-hybridized carbons (Fsp3) is 0. The van der Waals surface area contributed by atoms with Crippen molar-refractivity contribution >= 4 is 10.1 Å². The van der Waals surface area contributed by atoms with Crippen LogP contribution >= 0.6 is 0 Å². The highest BCUT2D eigenvalue weighted by Crippen LogP contribution is 2.33. The molecule has 0 aromatic heterocycles. The molecule has 0 aliphatic rings. The Labute approximate surface area is 129 Å². The van der Waals surface area contributed by atoms with Crippen LogP contribution in [0, 0.1) is 0 Å². The molecule has 0 amide bonds. The van der Waals surface area contributed by atoms with Crippen LogP contribution in [0.5, 0.6) is 0 Å². The third kappa shape index (κ3) is 2.93. The van der Waals surface area contributed by atoms with E-state index in [1.807, 2.05) is 60.7 Å². The van der Waals surface area contributed by atoms with Gasteiger partial charge in [0.05, 0.1) is 4.90 Å². The van der Waals surface area contributed by atoms with E-state index in [0.717, 1.165) is 22.3 Å². The maximum atomic E-state index is 11.4. The van der Waals surface area contributed by atoms with Crippen molar-refractivity contribution in [1.82, 2.24) is 0 Å². The molecule has 0 heterocycles. The summed E-state index contributed by atoms with van der Waals surface area (Å²) >= 11 is 0. The lowest BCUT2D eigenvalue weighted by atomic mass is 9.95. The predicted octanol–water partition coefficient (Wildman–Crippen LogP) is 4.27. The first-order valence-corrected chi connectivity index (χ1v) is 8.22. The molecule has 0 bridgehead atoms. The van der Waals surface area contributed by atoms with Gasteiger partial charge < -0.3 is 0 Å². The van der Waals surface area contributed by atoms with Gasteiger partial charge in [-0.2, -0.15) is 8.42 Å². The van der Waals surface area contributed by atoms with Crippen molar-refractivity contribution in [3.8, 4) is 22.3 Å². The van der Waals surface area contributed by atoms with Crippen LogP contribution in [0.15, 0.2) is 83.8 Å². The van der Waals surface area contributed by atoms with Gasteiger partial charge in [-0.15, -0.1) is 0 Å². The van der Waals surface area contributed by atoms with Crippen molar-refractivity contribution in [2.45, 2.75) is 4.90 Å². The van der Waals surface area contributed by atoms with Crippen LogP contribution in [0.1, 0.15) is 0 Å². The Kier molecular flexibility index (Phi) is 3.79. The molecular formula is C18H14O3S. The van der Waals surface area contributed by atoms with Crippen molar-refractivity contribution in [3.63, 3.8) is 0 Å². The Hall–Kier alpha value is -2.43. The van der Waals surface area contributed by atoms with Crippen molar-refractivity contribution in [2.75, 3.05) is 0 Å². The second-order valence-electron chi connectivity index (χ2n) is 4.91. The SMILES string of the molecule is O=S(=O)(O)c1ccc(-c2ccccc2)c(-c2ccccc2)c1. The van der Waals surface area contributed by atoms with Crippen LogP contribution in [-0.2, 0) is 10.1 Å². The van der Waals surface area contributed by atoms with Gasteiger partial charge in [-0.1, -0.05) is 66.7 Å². The molecule has 0 radical (unpaired) electrons. The summed E-state index contributed by atoms with van der Waals surface area (Å²) in [5, 5.41) is 0. The van der Waals surface area contributed by atoms with Gasteiger partial charge in [0.1, 0.15) is 0 Å². The molecule has 0 saturated heterocycles. The van der Waals surface area contributed by atoms with Crippen LogP contribution in [0.2, 0.25) is 0 Å². The van der Waals surface area contributed by atoms with Gasteiger partial charge in [0.2, 0.25) is 0 Å². The first-order chi connectivity index (χ1) is 10.6. The molecule has 0 unspecified atom stereocenters. The van der Waals surface area contributed by atoms with Crippen LogP contribution in [0.3, 0.4) is 0 Å². The van der Waals surface area contributed by atoms with E-state index in [-0.39, 0.29) is 4.90 Å². The van der Waals surface area contributed by atoms with Crippen molar-refractivity contribution < 1.29 is 13.0 Å². The molecule has 3 aromatic carbocycles. The standard InChI is InChI=1S/C18H14O3S/c19-22(20,21)16-11-12-17(14-7-3-1-4-8-14)18(13-16)15-9-5-2-6-10-15/h1-13H,(H,19,20,21). The fourth-order valence-electron chi connectivity index (χ4n) is 2.41. The van der Waals surface area contributed by atoms with Crippen molar-refractivity contribution in [1.29, 1.82) is 0 Å². The minimum Gasteiger partial charge on any atom is -0.282 e. The maximum absolute atomic E-state index is 11.4. The Morgan fingerprint density at radius 3 is 1.64 bits per heavy atom. The normalized spacial score (nSPS) is 11.3. The summed E-state index contributed by atoms with van der Waals surface area (Å²) in [7, 11) is -4.23. The molecule has 1 N–H and O–H groups in total. The summed E-state index contributed by atoms with van der Waals surface area (Å²) in [6.45, 7) is 0. The van der Waals surface area contributed by atoms with Gasteiger partial charge in [0.25, 0.3) is 10.1 Å². The van der Waals surface area contributed by atoms with E-state index < -0.39 is 10.1 Å². The molecule has 0 aliphatic carbocycles. The number of hydrogen-bond donors (Lipinski definition) is 1. The lowest BCUT2D eigenvalue weighted by Crippen LogP contribution is -1.99.